The number of rotatable bonds is 1. The zero-order valence-electron chi connectivity index (χ0n) is 8.47. The summed E-state index contributed by atoms with van der Waals surface area (Å²) in [6.45, 7) is 1.32. The number of fused-ring (bicyclic) bond motifs is 1. The summed E-state index contributed by atoms with van der Waals surface area (Å²) in [5, 5.41) is 0.725. The van der Waals surface area contributed by atoms with Gasteiger partial charge < -0.3 is 4.90 Å². The minimum absolute atomic E-state index is 0.0193. The molecule has 86 valence electrons. The van der Waals surface area contributed by atoms with Crippen molar-refractivity contribution in [1.29, 1.82) is 0 Å². The smallest absolute Gasteiger partial charge is 0.237 e. The predicted molar refractivity (Wildman–Crippen MR) is 69.0 cm³/mol. The molecule has 0 saturated heterocycles. The van der Waals surface area contributed by atoms with Gasteiger partial charge in [-0.3, -0.25) is 4.79 Å². The van der Waals surface area contributed by atoms with E-state index in [0.717, 1.165) is 21.5 Å². The van der Waals surface area contributed by atoms with Gasteiger partial charge in [-0.15, -0.1) is 11.6 Å². The Morgan fingerprint density at radius 3 is 2.94 bits per heavy atom. The fraction of sp³-hybridized carbons (Fsp3) is 0.364. The molecule has 0 aliphatic carbocycles. The van der Waals surface area contributed by atoms with Crippen LogP contribution in [0.2, 0.25) is 5.02 Å². The first-order valence-electron chi connectivity index (χ1n) is 4.92. The SMILES string of the molecule is O=C(CCl)N1CCc2cc(Cl)cc(Br)c2C1. The van der Waals surface area contributed by atoms with Gasteiger partial charge in [0.1, 0.15) is 5.88 Å². The quantitative estimate of drug-likeness (QED) is 0.727. The van der Waals surface area contributed by atoms with Gasteiger partial charge in [0.25, 0.3) is 0 Å². The zero-order chi connectivity index (χ0) is 11.7. The van der Waals surface area contributed by atoms with Crippen molar-refractivity contribution in [3.63, 3.8) is 0 Å². The summed E-state index contributed by atoms with van der Waals surface area (Å²) in [5.41, 5.74) is 2.34. The third-order valence-electron chi connectivity index (χ3n) is 2.72. The molecule has 1 aromatic rings. The molecule has 0 aromatic heterocycles. The third kappa shape index (κ3) is 2.36. The number of halogens is 3. The molecule has 0 fully saturated rings. The average molecular weight is 323 g/mol. The van der Waals surface area contributed by atoms with Gasteiger partial charge in [0, 0.05) is 22.6 Å². The minimum Gasteiger partial charge on any atom is -0.337 e. The second-order valence-corrected chi connectivity index (χ2v) is 5.28. The summed E-state index contributed by atoms with van der Waals surface area (Å²) < 4.78 is 0.960. The number of carbonyl (C=O) groups excluding carboxylic acids is 1. The molecular formula is C11H10BrCl2NO. The van der Waals surface area contributed by atoms with Gasteiger partial charge in [0.05, 0.1) is 0 Å². The Bertz CT molecular complexity index is 436. The Morgan fingerprint density at radius 1 is 1.50 bits per heavy atom. The van der Waals surface area contributed by atoms with Gasteiger partial charge in [0.15, 0.2) is 0 Å². The fourth-order valence-electron chi connectivity index (χ4n) is 1.88. The molecule has 1 aliphatic rings. The van der Waals surface area contributed by atoms with E-state index in [4.69, 9.17) is 23.2 Å². The van der Waals surface area contributed by atoms with Crippen LogP contribution in [0.4, 0.5) is 0 Å². The summed E-state index contributed by atoms with van der Waals surface area (Å²) in [5.74, 6) is 0.0229. The molecule has 2 rings (SSSR count). The molecule has 2 nitrogen and oxygen atoms in total. The van der Waals surface area contributed by atoms with E-state index in [9.17, 15) is 4.79 Å². The van der Waals surface area contributed by atoms with Crippen molar-refractivity contribution < 1.29 is 4.79 Å². The second kappa shape index (κ2) is 4.94. The predicted octanol–water partition coefficient (Wildman–Crippen LogP) is 3.23. The molecule has 1 heterocycles. The molecule has 0 atom stereocenters. The number of amides is 1. The lowest BCUT2D eigenvalue weighted by molar-refractivity contribution is -0.129. The van der Waals surface area contributed by atoms with Crippen molar-refractivity contribution in [1.82, 2.24) is 4.90 Å². The Morgan fingerprint density at radius 2 is 2.25 bits per heavy atom. The van der Waals surface area contributed by atoms with E-state index in [1.54, 1.807) is 4.90 Å². The average Bonchev–Trinajstić information content (AvgIpc) is 2.27. The number of alkyl halides is 1. The second-order valence-electron chi connectivity index (χ2n) is 3.72. The Labute approximate surface area is 113 Å². The fourth-order valence-corrected chi connectivity index (χ4v) is 3.05. The first-order valence-corrected chi connectivity index (χ1v) is 6.63. The summed E-state index contributed by atoms with van der Waals surface area (Å²) in [6.07, 6.45) is 0.830. The van der Waals surface area contributed by atoms with Crippen molar-refractivity contribution in [2.75, 3.05) is 12.4 Å². The maximum atomic E-state index is 11.5. The summed E-state index contributed by atoms with van der Waals surface area (Å²) in [6, 6.07) is 3.82. The molecule has 1 aromatic carbocycles. The van der Waals surface area contributed by atoms with E-state index < -0.39 is 0 Å². The molecule has 5 heteroatoms. The largest absolute Gasteiger partial charge is 0.337 e. The molecule has 0 N–H and O–H groups in total. The van der Waals surface area contributed by atoms with Gasteiger partial charge in [-0.25, -0.2) is 0 Å². The van der Waals surface area contributed by atoms with Crippen LogP contribution in [0.15, 0.2) is 16.6 Å². The van der Waals surface area contributed by atoms with Crippen molar-refractivity contribution in [2.24, 2.45) is 0 Å². The lowest BCUT2D eigenvalue weighted by Crippen LogP contribution is -2.36. The van der Waals surface area contributed by atoms with Crippen LogP contribution in [0, 0.1) is 0 Å². The van der Waals surface area contributed by atoms with Crippen molar-refractivity contribution in [3.05, 3.63) is 32.8 Å². The molecule has 0 saturated carbocycles. The van der Waals surface area contributed by atoms with E-state index in [-0.39, 0.29) is 11.8 Å². The van der Waals surface area contributed by atoms with Crippen molar-refractivity contribution >= 4 is 45.0 Å². The first kappa shape index (κ1) is 12.2. The maximum absolute atomic E-state index is 11.5. The van der Waals surface area contributed by atoms with Crippen molar-refractivity contribution in [3.8, 4) is 0 Å². The van der Waals surface area contributed by atoms with Crippen LogP contribution in [0.1, 0.15) is 11.1 Å². The van der Waals surface area contributed by atoms with E-state index in [1.165, 1.54) is 5.56 Å². The van der Waals surface area contributed by atoms with Crippen LogP contribution >= 0.6 is 39.1 Å². The van der Waals surface area contributed by atoms with E-state index in [1.807, 2.05) is 12.1 Å². The highest BCUT2D eigenvalue weighted by Crippen LogP contribution is 2.30. The van der Waals surface area contributed by atoms with Crippen LogP contribution in [-0.4, -0.2) is 23.2 Å². The Balaban J connectivity index is 2.30. The topological polar surface area (TPSA) is 20.3 Å². The van der Waals surface area contributed by atoms with E-state index >= 15 is 0 Å². The molecule has 0 spiro atoms. The molecule has 0 bridgehead atoms. The van der Waals surface area contributed by atoms with Gasteiger partial charge >= 0.3 is 0 Å². The molecular weight excluding hydrogens is 313 g/mol. The minimum atomic E-state index is -0.0193. The highest BCUT2D eigenvalue weighted by molar-refractivity contribution is 9.10. The highest BCUT2D eigenvalue weighted by atomic mass is 79.9. The standard InChI is InChI=1S/C11H10BrCl2NO/c12-10-4-8(14)3-7-1-2-15(6-9(7)10)11(16)5-13/h3-4H,1-2,5-6H2. The Hall–Kier alpha value is -0.250. The maximum Gasteiger partial charge on any atom is 0.237 e. The van der Waals surface area contributed by atoms with Gasteiger partial charge in [-0.05, 0) is 29.7 Å². The Kier molecular flexibility index (Phi) is 3.77. The molecule has 0 radical (unpaired) electrons. The molecule has 0 unspecified atom stereocenters. The van der Waals surface area contributed by atoms with Gasteiger partial charge in [0.2, 0.25) is 5.91 Å². The summed E-state index contributed by atoms with van der Waals surface area (Å²) in [7, 11) is 0. The number of carbonyl (C=O) groups is 1. The first-order chi connectivity index (χ1) is 7.61. The van der Waals surface area contributed by atoms with Crippen LogP contribution in [0.25, 0.3) is 0 Å². The number of nitrogens with zero attached hydrogens (tertiary/aromatic N) is 1. The zero-order valence-corrected chi connectivity index (χ0v) is 11.6. The number of hydrogen-bond acceptors (Lipinski definition) is 1. The van der Waals surface area contributed by atoms with E-state index in [0.29, 0.717) is 13.1 Å². The lowest BCUT2D eigenvalue weighted by atomic mass is 10.00. The molecule has 1 amide bonds. The number of benzene rings is 1. The van der Waals surface area contributed by atoms with Crippen LogP contribution < -0.4 is 0 Å². The normalized spacial score (nSPS) is 14.8. The highest BCUT2D eigenvalue weighted by Gasteiger charge is 2.21. The lowest BCUT2D eigenvalue weighted by Gasteiger charge is -2.29. The van der Waals surface area contributed by atoms with Crippen LogP contribution in [0.3, 0.4) is 0 Å². The van der Waals surface area contributed by atoms with Gasteiger partial charge in [-0.1, -0.05) is 27.5 Å². The van der Waals surface area contributed by atoms with Crippen LogP contribution in [-0.2, 0) is 17.8 Å². The molecule has 16 heavy (non-hydrogen) atoms. The summed E-state index contributed by atoms with van der Waals surface area (Å²) in [4.78, 5) is 13.3. The number of hydrogen-bond donors (Lipinski definition) is 0. The summed E-state index contributed by atoms with van der Waals surface area (Å²) >= 11 is 15.0. The van der Waals surface area contributed by atoms with Crippen LogP contribution in [0.5, 0.6) is 0 Å². The van der Waals surface area contributed by atoms with Crippen molar-refractivity contribution in [2.45, 2.75) is 13.0 Å². The third-order valence-corrected chi connectivity index (χ3v) is 3.87. The monoisotopic (exact) mass is 321 g/mol. The van der Waals surface area contributed by atoms with E-state index in [2.05, 4.69) is 15.9 Å². The molecule has 1 aliphatic heterocycles. The van der Waals surface area contributed by atoms with Gasteiger partial charge in [-0.2, -0.15) is 0 Å².